The van der Waals surface area contributed by atoms with E-state index in [1.54, 1.807) is 13.8 Å². The maximum Gasteiger partial charge on any atom is 0.337 e. The van der Waals surface area contributed by atoms with Crippen molar-refractivity contribution in [2.45, 2.75) is 19.4 Å². The van der Waals surface area contributed by atoms with Gasteiger partial charge in [-0.25, -0.2) is 14.0 Å². The zero-order valence-corrected chi connectivity index (χ0v) is 11.5. The van der Waals surface area contributed by atoms with Gasteiger partial charge < -0.3 is 20.5 Å². The average Bonchev–Trinajstić information content (AvgIpc) is 2.30. The molecule has 0 atom stereocenters. The van der Waals surface area contributed by atoms with E-state index in [-0.39, 0.29) is 17.9 Å². The fourth-order valence-electron chi connectivity index (χ4n) is 1.68. The number of carbonyl (C=O) groups excluding carboxylic acids is 1. The molecule has 0 aliphatic carbocycles. The number of carboxylic acid groups (broad SMARTS) is 1. The number of urea groups is 1. The van der Waals surface area contributed by atoms with E-state index in [1.807, 2.05) is 0 Å². The molecule has 0 fully saturated rings. The number of nitrogens with one attached hydrogen (secondary N) is 2. The normalized spacial score (nSPS) is 11.0. The average molecular weight is 284 g/mol. The quantitative estimate of drug-likeness (QED) is 0.772. The molecular formula is C13H17FN2O4. The van der Waals surface area contributed by atoms with Crippen LogP contribution in [0.15, 0.2) is 18.2 Å². The second-order valence-corrected chi connectivity index (χ2v) is 4.86. The third-order valence-corrected chi connectivity index (χ3v) is 2.44. The SMILES string of the molecule is COCC(C)(C)NC(=O)Nc1c(F)cccc1C(=O)O. The predicted molar refractivity (Wildman–Crippen MR) is 71.5 cm³/mol. The van der Waals surface area contributed by atoms with Gasteiger partial charge in [-0.1, -0.05) is 6.07 Å². The van der Waals surface area contributed by atoms with Gasteiger partial charge in [0.05, 0.1) is 23.4 Å². The fraction of sp³-hybridized carbons (Fsp3) is 0.385. The van der Waals surface area contributed by atoms with Crippen molar-refractivity contribution in [3.63, 3.8) is 0 Å². The Bertz CT molecular complexity index is 517. The lowest BCUT2D eigenvalue weighted by molar-refractivity contribution is 0.0697. The van der Waals surface area contributed by atoms with Crippen LogP contribution in [-0.2, 0) is 4.74 Å². The summed E-state index contributed by atoms with van der Waals surface area (Å²) < 4.78 is 18.6. The van der Waals surface area contributed by atoms with Gasteiger partial charge in [-0.05, 0) is 26.0 Å². The molecule has 0 saturated heterocycles. The first kappa shape index (κ1) is 15.9. The smallest absolute Gasteiger partial charge is 0.337 e. The molecule has 0 radical (unpaired) electrons. The molecule has 110 valence electrons. The number of carbonyl (C=O) groups is 2. The minimum atomic E-state index is -1.32. The van der Waals surface area contributed by atoms with Crippen LogP contribution in [0.4, 0.5) is 14.9 Å². The third-order valence-electron chi connectivity index (χ3n) is 2.44. The molecule has 0 unspecified atom stereocenters. The number of hydrogen-bond donors (Lipinski definition) is 3. The number of hydrogen-bond acceptors (Lipinski definition) is 3. The number of carboxylic acids is 1. The van der Waals surface area contributed by atoms with Crippen LogP contribution >= 0.6 is 0 Å². The van der Waals surface area contributed by atoms with Crippen molar-refractivity contribution in [2.75, 3.05) is 19.0 Å². The Labute approximate surface area is 115 Å². The van der Waals surface area contributed by atoms with E-state index in [2.05, 4.69) is 10.6 Å². The van der Waals surface area contributed by atoms with E-state index in [4.69, 9.17) is 9.84 Å². The summed E-state index contributed by atoms with van der Waals surface area (Å²) >= 11 is 0. The first-order valence-corrected chi connectivity index (χ1v) is 5.87. The molecular weight excluding hydrogens is 267 g/mol. The van der Waals surface area contributed by atoms with Crippen molar-refractivity contribution < 1.29 is 23.8 Å². The fourth-order valence-corrected chi connectivity index (χ4v) is 1.68. The summed E-state index contributed by atoms with van der Waals surface area (Å²) in [6.45, 7) is 3.69. The Balaban J connectivity index is 2.89. The highest BCUT2D eigenvalue weighted by Crippen LogP contribution is 2.20. The van der Waals surface area contributed by atoms with Crippen LogP contribution in [0.3, 0.4) is 0 Å². The summed E-state index contributed by atoms with van der Waals surface area (Å²) in [6, 6.07) is 2.83. The standard InChI is InChI=1S/C13H17FN2O4/c1-13(2,7-20-3)16-12(19)15-10-8(11(17)18)5-4-6-9(10)14/h4-6H,7H2,1-3H3,(H,17,18)(H2,15,16,19). The van der Waals surface area contributed by atoms with Crippen LogP contribution in [0.1, 0.15) is 24.2 Å². The number of para-hydroxylation sites is 1. The Morgan fingerprint density at radius 2 is 2.05 bits per heavy atom. The van der Waals surface area contributed by atoms with Crippen molar-refractivity contribution >= 4 is 17.7 Å². The number of methoxy groups -OCH3 is 1. The van der Waals surface area contributed by atoms with Crippen LogP contribution in [0.2, 0.25) is 0 Å². The number of aromatic carboxylic acids is 1. The topological polar surface area (TPSA) is 87.7 Å². The van der Waals surface area contributed by atoms with Gasteiger partial charge in [-0.2, -0.15) is 0 Å². The molecule has 0 bridgehead atoms. The highest BCUT2D eigenvalue weighted by molar-refractivity contribution is 6.00. The lowest BCUT2D eigenvalue weighted by atomic mass is 10.1. The number of halogens is 1. The van der Waals surface area contributed by atoms with Gasteiger partial charge in [-0.15, -0.1) is 0 Å². The maximum atomic E-state index is 13.6. The molecule has 1 rings (SSSR count). The lowest BCUT2D eigenvalue weighted by Gasteiger charge is -2.25. The molecule has 7 heteroatoms. The van der Waals surface area contributed by atoms with Gasteiger partial charge in [-0.3, -0.25) is 0 Å². The highest BCUT2D eigenvalue weighted by Gasteiger charge is 2.22. The molecule has 1 aromatic carbocycles. The molecule has 0 aliphatic rings. The van der Waals surface area contributed by atoms with E-state index in [0.29, 0.717) is 0 Å². The second kappa shape index (κ2) is 6.33. The van der Waals surface area contributed by atoms with Gasteiger partial charge in [0.25, 0.3) is 0 Å². The van der Waals surface area contributed by atoms with Crippen LogP contribution in [0, 0.1) is 5.82 Å². The van der Waals surface area contributed by atoms with Gasteiger partial charge in [0.15, 0.2) is 0 Å². The predicted octanol–water partition coefficient (Wildman–Crippen LogP) is 2.07. The Hall–Kier alpha value is -2.15. The molecule has 1 aromatic rings. The zero-order chi connectivity index (χ0) is 15.3. The Morgan fingerprint density at radius 3 is 2.60 bits per heavy atom. The first-order chi connectivity index (χ1) is 9.26. The summed E-state index contributed by atoms with van der Waals surface area (Å²) in [5.41, 5.74) is -1.36. The first-order valence-electron chi connectivity index (χ1n) is 5.87. The van der Waals surface area contributed by atoms with Crippen molar-refractivity contribution in [3.05, 3.63) is 29.6 Å². The van der Waals surface area contributed by atoms with E-state index in [0.717, 1.165) is 6.07 Å². The van der Waals surface area contributed by atoms with Crippen LogP contribution < -0.4 is 10.6 Å². The lowest BCUT2D eigenvalue weighted by Crippen LogP contribution is -2.48. The largest absolute Gasteiger partial charge is 0.478 e. The number of anilines is 1. The van der Waals surface area contributed by atoms with Gasteiger partial charge in [0, 0.05) is 7.11 Å². The number of rotatable bonds is 5. The minimum Gasteiger partial charge on any atom is -0.478 e. The molecule has 3 N–H and O–H groups in total. The summed E-state index contributed by atoms with van der Waals surface area (Å²) in [6.07, 6.45) is 0. The molecule has 0 aromatic heterocycles. The highest BCUT2D eigenvalue weighted by atomic mass is 19.1. The van der Waals surface area contributed by atoms with Crippen molar-refractivity contribution in [1.29, 1.82) is 0 Å². The summed E-state index contributed by atoms with van der Waals surface area (Å²) in [7, 11) is 1.49. The van der Waals surface area contributed by atoms with Gasteiger partial charge in [0.1, 0.15) is 5.82 Å². The number of amides is 2. The Morgan fingerprint density at radius 1 is 1.40 bits per heavy atom. The molecule has 0 aliphatic heterocycles. The minimum absolute atomic E-state index is 0.253. The molecule has 0 saturated carbocycles. The van der Waals surface area contributed by atoms with E-state index >= 15 is 0 Å². The van der Waals surface area contributed by atoms with Gasteiger partial charge >= 0.3 is 12.0 Å². The second-order valence-electron chi connectivity index (χ2n) is 4.86. The Kier molecular flexibility index (Phi) is 5.04. The number of ether oxygens (including phenoxy) is 1. The van der Waals surface area contributed by atoms with Crippen molar-refractivity contribution in [1.82, 2.24) is 5.32 Å². The summed E-state index contributed by atoms with van der Waals surface area (Å²) in [5.74, 6) is -2.14. The van der Waals surface area contributed by atoms with Gasteiger partial charge in [0.2, 0.25) is 0 Å². The number of benzene rings is 1. The van der Waals surface area contributed by atoms with Crippen molar-refractivity contribution in [3.8, 4) is 0 Å². The third kappa shape index (κ3) is 4.20. The molecule has 2 amide bonds. The van der Waals surface area contributed by atoms with E-state index in [9.17, 15) is 14.0 Å². The van der Waals surface area contributed by atoms with E-state index in [1.165, 1.54) is 19.2 Å². The summed E-state index contributed by atoms with van der Waals surface area (Å²) in [4.78, 5) is 22.8. The maximum absolute atomic E-state index is 13.6. The van der Waals surface area contributed by atoms with Crippen LogP contribution in [0.25, 0.3) is 0 Å². The van der Waals surface area contributed by atoms with Crippen LogP contribution in [-0.4, -0.2) is 36.4 Å². The summed E-state index contributed by atoms with van der Waals surface area (Å²) in [5, 5.41) is 13.7. The molecule has 6 nitrogen and oxygen atoms in total. The molecule has 0 spiro atoms. The van der Waals surface area contributed by atoms with Crippen molar-refractivity contribution in [2.24, 2.45) is 0 Å². The molecule has 0 heterocycles. The zero-order valence-electron chi connectivity index (χ0n) is 11.5. The molecule has 20 heavy (non-hydrogen) atoms. The monoisotopic (exact) mass is 284 g/mol. The van der Waals surface area contributed by atoms with Crippen LogP contribution in [0.5, 0.6) is 0 Å². The van der Waals surface area contributed by atoms with E-state index < -0.39 is 23.4 Å².